The second kappa shape index (κ2) is 6.50. The van der Waals surface area contributed by atoms with E-state index in [9.17, 15) is 19.2 Å². The number of Topliss-reactive ketones (excluding diaryl/α,β-unsaturated/α-hetero) is 2. The zero-order chi connectivity index (χ0) is 22.9. The van der Waals surface area contributed by atoms with Gasteiger partial charge >= 0.3 is 11.9 Å². The maximum absolute atomic E-state index is 12.9. The lowest BCUT2D eigenvalue weighted by Gasteiger charge is -2.44. The Labute approximate surface area is 177 Å². The Kier molecular flexibility index (Phi) is 4.81. The summed E-state index contributed by atoms with van der Waals surface area (Å²) in [5.41, 5.74) is -2.81. The van der Waals surface area contributed by atoms with Gasteiger partial charge in [0.25, 0.3) is 0 Å². The normalized spacial score (nSPS) is 29.2. The van der Waals surface area contributed by atoms with Crippen molar-refractivity contribution < 1.29 is 28.7 Å². The molecule has 0 spiro atoms. The van der Waals surface area contributed by atoms with Gasteiger partial charge in [-0.25, -0.2) is 0 Å². The monoisotopic (exact) mass is 414 g/mol. The molecule has 2 aliphatic rings. The SMILES string of the molecule is CC1(C)C(=O)O[C@H](c2ccc([C@@H]3OC(=O)C(C)(C)C(=O)C3(C)C)cc2)C(C)(C)C1=O. The topological polar surface area (TPSA) is 86.7 Å². The summed E-state index contributed by atoms with van der Waals surface area (Å²) >= 11 is 0. The number of carbonyl (C=O) groups is 4. The van der Waals surface area contributed by atoms with E-state index in [-0.39, 0.29) is 11.6 Å². The van der Waals surface area contributed by atoms with Gasteiger partial charge in [0, 0.05) is 0 Å². The van der Waals surface area contributed by atoms with Gasteiger partial charge in [-0.3, -0.25) is 19.2 Å². The smallest absolute Gasteiger partial charge is 0.319 e. The molecule has 2 aliphatic heterocycles. The number of carbonyl (C=O) groups excluding carboxylic acids is 4. The van der Waals surface area contributed by atoms with Gasteiger partial charge in [-0.15, -0.1) is 0 Å². The van der Waals surface area contributed by atoms with Gasteiger partial charge in [-0.05, 0) is 66.5 Å². The molecule has 0 radical (unpaired) electrons. The number of cyclic esters (lactones) is 2. The Morgan fingerprint density at radius 3 is 1.10 bits per heavy atom. The first-order chi connectivity index (χ1) is 13.6. The van der Waals surface area contributed by atoms with E-state index in [1.54, 1.807) is 79.7 Å². The summed E-state index contributed by atoms with van der Waals surface area (Å²) in [5, 5.41) is 0. The Morgan fingerprint density at radius 2 is 0.833 bits per heavy atom. The minimum Gasteiger partial charge on any atom is -0.456 e. The molecule has 0 amide bonds. The summed E-state index contributed by atoms with van der Waals surface area (Å²) in [4.78, 5) is 50.6. The van der Waals surface area contributed by atoms with E-state index in [0.29, 0.717) is 11.1 Å². The van der Waals surface area contributed by atoms with Crippen LogP contribution in [0.3, 0.4) is 0 Å². The van der Waals surface area contributed by atoms with Crippen LogP contribution in [0.5, 0.6) is 0 Å². The number of hydrogen-bond acceptors (Lipinski definition) is 6. The van der Waals surface area contributed by atoms with E-state index in [0.717, 1.165) is 0 Å². The second-order valence-corrected chi connectivity index (χ2v) is 10.6. The van der Waals surface area contributed by atoms with E-state index in [1.807, 2.05) is 0 Å². The van der Waals surface area contributed by atoms with Gasteiger partial charge in [-0.2, -0.15) is 0 Å². The molecule has 1 aromatic rings. The van der Waals surface area contributed by atoms with Gasteiger partial charge in [-0.1, -0.05) is 24.3 Å². The number of ether oxygens (including phenoxy) is 2. The van der Waals surface area contributed by atoms with Crippen LogP contribution in [0.25, 0.3) is 0 Å². The number of esters is 2. The Bertz CT molecular complexity index is 856. The predicted molar refractivity (Wildman–Crippen MR) is 109 cm³/mol. The van der Waals surface area contributed by atoms with Crippen molar-refractivity contribution in [3.8, 4) is 0 Å². The van der Waals surface area contributed by atoms with Crippen molar-refractivity contribution in [3.05, 3.63) is 35.4 Å². The highest BCUT2D eigenvalue weighted by Crippen LogP contribution is 2.50. The summed E-state index contributed by atoms with van der Waals surface area (Å²) in [7, 11) is 0. The molecule has 0 aliphatic carbocycles. The van der Waals surface area contributed by atoms with Gasteiger partial charge in [0.15, 0.2) is 11.6 Å². The van der Waals surface area contributed by atoms with Gasteiger partial charge in [0.05, 0.1) is 10.8 Å². The molecule has 2 fully saturated rings. The van der Waals surface area contributed by atoms with Crippen molar-refractivity contribution in [2.75, 3.05) is 0 Å². The molecule has 0 unspecified atom stereocenters. The van der Waals surface area contributed by atoms with Gasteiger partial charge < -0.3 is 9.47 Å². The number of rotatable bonds is 2. The zero-order valence-corrected chi connectivity index (χ0v) is 18.9. The van der Waals surface area contributed by atoms with Gasteiger partial charge in [0.2, 0.25) is 0 Å². The molecule has 0 N–H and O–H groups in total. The van der Waals surface area contributed by atoms with Crippen LogP contribution in [0, 0.1) is 21.7 Å². The van der Waals surface area contributed by atoms with Crippen molar-refractivity contribution in [2.24, 2.45) is 21.7 Å². The van der Waals surface area contributed by atoms with Crippen LogP contribution in [0.2, 0.25) is 0 Å². The summed E-state index contributed by atoms with van der Waals surface area (Å²) < 4.78 is 11.3. The van der Waals surface area contributed by atoms with Crippen molar-refractivity contribution >= 4 is 23.5 Å². The van der Waals surface area contributed by atoms with E-state index in [1.165, 1.54) is 0 Å². The van der Waals surface area contributed by atoms with Crippen molar-refractivity contribution in [2.45, 2.75) is 67.6 Å². The average molecular weight is 414 g/mol. The van der Waals surface area contributed by atoms with Crippen LogP contribution in [0.15, 0.2) is 24.3 Å². The molecule has 2 heterocycles. The fourth-order valence-corrected chi connectivity index (χ4v) is 4.65. The average Bonchev–Trinajstić information content (AvgIpc) is 2.66. The minimum absolute atomic E-state index is 0.171. The Morgan fingerprint density at radius 1 is 0.567 bits per heavy atom. The van der Waals surface area contributed by atoms with Crippen LogP contribution in [0.1, 0.15) is 78.7 Å². The molecule has 0 aromatic heterocycles. The quantitative estimate of drug-likeness (QED) is 0.534. The number of hydrogen-bond donors (Lipinski definition) is 0. The van der Waals surface area contributed by atoms with Crippen molar-refractivity contribution in [1.29, 1.82) is 0 Å². The van der Waals surface area contributed by atoms with Crippen LogP contribution in [-0.4, -0.2) is 23.5 Å². The summed E-state index contributed by atoms with van der Waals surface area (Å²) in [5.74, 6) is -1.43. The van der Waals surface area contributed by atoms with E-state index < -0.39 is 45.8 Å². The molecule has 30 heavy (non-hydrogen) atoms. The van der Waals surface area contributed by atoms with Crippen molar-refractivity contribution in [1.82, 2.24) is 0 Å². The molecule has 162 valence electrons. The Hall–Kier alpha value is -2.50. The predicted octanol–water partition coefficient (Wildman–Crippen LogP) is 4.13. The maximum Gasteiger partial charge on any atom is 0.319 e. The van der Waals surface area contributed by atoms with Crippen LogP contribution < -0.4 is 0 Å². The molecule has 0 saturated carbocycles. The highest BCUT2D eigenvalue weighted by molar-refractivity contribution is 6.08. The van der Waals surface area contributed by atoms with Crippen LogP contribution >= 0.6 is 0 Å². The lowest BCUT2D eigenvalue weighted by atomic mass is 9.66. The third kappa shape index (κ3) is 2.99. The van der Waals surface area contributed by atoms with Gasteiger partial charge in [0.1, 0.15) is 23.0 Å². The molecule has 3 rings (SSSR count). The summed E-state index contributed by atoms with van der Waals surface area (Å²) in [6.45, 7) is 13.4. The molecule has 2 saturated heterocycles. The first-order valence-electron chi connectivity index (χ1n) is 10.2. The number of ketones is 2. The minimum atomic E-state index is -1.19. The molecular weight excluding hydrogens is 384 g/mol. The lowest BCUT2D eigenvalue weighted by molar-refractivity contribution is -0.188. The van der Waals surface area contributed by atoms with Crippen LogP contribution in [-0.2, 0) is 28.7 Å². The third-order valence-electron chi connectivity index (χ3n) is 6.63. The fourth-order valence-electron chi connectivity index (χ4n) is 4.65. The highest BCUT2D eigenvalue weighted by Gasteiger charge is 2.57. The lowest BCUT2D eigenvalue weighted by Crippen LogP contribution is -2.52. The Balaban J connectivity index is 1.94. The molecule has 0 bridgehead atoms. The van der Waals surface area contributed by atoms with Crippen LogP contribution in [0.4, 0.5) is 0 Å². The number of benzene rings is 1. The second-order valence-electron chi connectivity index (χ2n) is 10.6. The molecule has 6 nitrogen and oxygen atoms in total. The van der Waals surface area contributed by atoms with Crippen molar-refractivity contribution in [3.63, 3.8) is 0 Å². The molecule has 1 aromatic carbocycles. The molecular formula is C24H30O6. The largest absolute Gasteiger partial charge is 0.456 e. The van der Waals surface area contributed by atoms with E-state index in [2.05, 4.69) is 0 Å². The van der Waals surface area contributed by atoms with E-state index >= 15 is 0 Å². The summed E-state index contributed by atoms with van der Waals surface area (Å²) in [6, 6.07) is 7.03. The molecule has 6 heteroatoms. The molecule has 2 atom stereocenters. The first-order valence-corrected chi connectivity index (χ1v) is 10.2. The fraction of sp³-hybridized carbons (Fsp3) is 0.583. The first kappa shape index (κ1) is 22.2. The highest BCUT2D eigenvalue weighted by atomic mass is 16.6. The van der Waals surface area contributed by atoms with E-state index in [4.69, 9.17) is 9.47 Å². The standard InChI is InChI=1S/C24H30O6/c1-21(2)15(29-19(27)23(5,6)17(21)25)13-9-11-14(12-10-13)16-22(3,4)18(26)24(7,8)20(28)30-16/h9-12,15-16H,1-8H3/t15-,16+. The zero-order valence-electron chi connectivity index (χ0n) is 18.9. The maximum atomic E-state index is 12.9. The summed E-state index contributed by atoms with van der Waals surface area (Å²) in [6.07, 6.45) is -1.44. The third-order valence-corrected chi connectivity index (χ3v) is 6.63.